The van der Waals surface area contributed by atoms with Gasteiger partial charge in [0, 0.05) is 24.3 Å². The van der Waals surface area contributed by atoms with E-state index >= 15 is 0 Å². The maximum absolute atomic E-state index is 13.8. The van der Waals surface area contributed by atoms with E-state index in [9.17, 15) is 14.7 Å². The summed E-state index contributed by atoms with van der Waals surface area (Å²) in [5.41, 5.74) is 5.26. The van der Waals surface area contributed by atoms with E-state index in [2.05, 4.69) is 13.5 Å². The van der Waals surface area contributed by atoms with Gasteiger partial charge in [-0.2, -0.15) is 0 Å². The zero-order valence-corrected chi connectivity index (χ0v) is 26.4. The van der Waals surface area contributed by atoms with Crippen LogP contribution in [0.15, 0.2) is 84.0 Å². The second-order valence-corrected chi connectivity index (χ2v) is 13.4. The van der Waals surface area contributed by atoms with Crippen molar-refractivity contribution in [1.82, 2.24) is 0 Å². The van der Waals surface area contributed by atoms with Crippen LogP contribution < -0.4 is 15.2 Å². The Balaban J connectivity index is 1.27. The molecule has 2 heterocycles. The van der Waals surface area contributed by atoms with Crippen LogP contribution in [0, 0.1) is 17.8 Å². The minimum Gasteiger partial charge on any atom is -0.494 e. The van der Waals surface area contributed by atoms with Crippen molar-refractivity contribution < 1.29 is 43.1 Å². The van der Waals surface area contributed by atoms with Crippen LogP contribution in [-0.2, 0) is 30.2 Å². The van der Waals surface area contributed by atoms with Crippen molar-refractivity contribution in [1.29, 1.82) is 0 Å². The summed E-state index contributed by atoms with van der Waals surface area (Å²) in [6.07, 6.45) is 3.09. The van der Waals surface area contributed by atoms with E-state index in [1.165, 1.54) is 19.2 Å². The van der Waals surface area contributed by atoms with Gasteiger partial charge in [-0.3, -0.25) is 4.79 Å². The third kappa shape index (κ3) is 4.38. The first-order chi connectivity index (χ1) is 21.9. The van der Waals surface area contributed by atoms with Crippen LogP contribution in [-0.4, -0.2) is 59.6 Å². The zero-order chi connectivity index (χ0) is 32.6. The monoisotopic (exact) mass is 629 g/mol. The summed E-state index contributed by atoms with van der Waals surface area (Å²) in [6.45, 7) is 9.84. The molecule has 2 saturated heterocycles. The predicted octanol–water partition coefficient (Wildman–Crippen LogP) is 5.05. The van der Waals surface area contributed by atoms with Crippen LogP contribution in [0.4, 0.5) is 10.5 Å². The molecule has 242 valence electrons. The second-order valence-electron chi connectivity index (χ2n) is 13.4. The number of Topliss-reactive ketones (excluding diaryl/α,β-unsaturated/α-hetero) is 1. The zero-order valence-electron chi connectivity index (χ0n) is 26.4. The molecule has 3 unspecified atom stereocenters. The number of benzene rings is 2. The molecule has 3 N–H and O–H groups in total. The Hall–Kier alpha value is -3.96. The molecule has 3 bridgehead atoms. The molecule has 0 aromatic heterocycles. The van der Waals surface area contributed by atoms with Crippen LogP contribution in [0.1, 0.15) is 39.2 Å². The SMILES string of the molecule is C=C(C)[C@]12C[C@@H](C)C34OC(Cc5ccccc5)(OC1[C@@H]3C=C(COC(=O)Oc1ccc(N)c(OC)c1)C[C@]1(O)C(=O)C(C)=C[C@@H]41)O2. The molecule has 0 spiro atoms. The van der Waals surface area contributed by atoms with E-state index < -0.39 is 46.9 Å². The number of carbonyl (C=O) groups is 2. The van der Waals surface area contributed by atoms with Gasteiger partial charge in [-0.25, -0.2) is 4.79 Å². The summed E-state index contributed by atoms with van der Waals surface area (Å²) in [7, 11) is 1.46. The number of fused-ring (bicyclic) bond motifs is 2. The fraction of sp³-hybridized carbons (Fsp3) is 0.444. The number of nitrogens with two attached hydrogens (primary N) is 1. The molecular formula is C36H39NO9. The van der Waals surface area contributed by atoms with Gasteiger partial charge < -0.3 is 39.3 Å². The van der Waals surface area contributed by atoms with Gasteiger partial charge >= 0.3 is 6.16 Å². The molecule has 2 aromatic rings. The first kappa shape index (κ1) is 30.7. The van der Waals surface area contributed by atoms with Crippen LogP contribution in [0.3, 0.4) is 0 Å². The molecule has 3 aliphatic carbocycles. The third-order valence-electron chi connectivity index (χ3n) is 10.5. The maximum Gasteiger partial charge on any atom is 0.514 e. The Bertz CT molecular complexity index is 1690. The minimum absolute atomic E-state index is 0.0546. The van der Waals surface area contributed by atoms with E-state index in [1.807, 2.05) is 49.4 Å². The molecule has 46 heavy (non-hydrogen) atoms. The lowest BCUT2D eigenvalue weighted by Crippen LogP contribution is -2.70. The van der Waals surface area contributed by atoms with Crippen molar-refractivity contribution >= 4 is 17.6 Å². The van der Waals surface area contributed by atoms with E-state index in [4.69, 9.17) is 34.2 Å². The second kappa shape index (κ2) is 10.5. The molecule has 2 aliphatic heterocycles. The topological polar surface area (TPSA) is 136 Å². The lowest BCUT2D eigenvalue weighted by Gasteiger charge is -2.59. The van der Waals surface area contributed by atoms with Crippen molar-refractivity contribution in [2.45, 2.75) is 68.9 Å². The van der Waals surface area contributed by atoms with Crippen LogP contribution in [0.25, 0.3) is 0 Å². The summed E-state index contributed by atoms with van der Waals surface area (Å²) in [6, 6.07) is 14.4. The molecule has 8 atom stereocenters. The van der Waals surface area contributed by atoms with Gasteiger partial charge in [-0.1, -0.05) is 56.0 Å². The number of hydrogen-bond donors (Lipinski definition) is 2. The fourth-order valence-corrected chi connectivity index (χ4v) is 8.52. The van der Waals surface area contributed by atoms with Gasteiger partial charge in [0.1, 0.15) is 35.4 Å². The third-order valence-corrected chi connectivity index (χ3v) is 10.5. The number of aliphatic hydroxyl groups is 1. The van der Waals surface area contributed by atoms with Gasteiger partial charge in [-0.05, 0) is 60.6 Å². The smallest absolute Gasteiger partial charge is 0.494 e. The molecule has 5 aliphatic rings. The molecule has 2 aromatic carbocycles. The Morgan fingerprint density at radius 2 is 1.91 bits per heavy atom. The summed E-state index contributed by atoms with van der Waals surface area (Å²) in [5, 5.41) is 12.4. The number of nitrogen functional groups attached to an aromatic ring is 1. The highest BCUT2D eigenvalue weighted by atomic mass is 16.9. The van der Waals surface area contributed by atoms with E-state index in [1.54, 1.807) is 13.0 Å². The van der Waals surface area contributed by atoms with Gasteiger partial charge in [-0.15, -0.1) is 0 Å². The number of anilines is 1. The van der Waals surface area contributed by atoms with Crippen molar-refractivity contribution in [2.24, 2.45) is 17.8 Å². The maximum atomic E-state index is 13.8. The Morgan fingerprint density at radius 1 is 1.15 bits per heavy atom. The summed E-state index contributed by atoms with van der Waals surface area (Å²) in [5.74, 6) is -2.64. The van der Waals surface area contributed by atoms with Crippen molar-refractivity contribution in [3.63, 3.8) is 0 Å². The highest BCUT2D eigenvalue weighted by Gasteiger charge is 2.79. The first-order valence-electron chi connectivity index (χ1n) is 15.6. The average Bonchev–Trinajstić information content (AvgIpc) is 3.32. The number of methoxy groups -OCH3 is 1. The molecule has 10 nitrogen and oxygen atoms in total. The summed E-state index contributed by atoms with van der Waals surface area (Å²) < 4.78 is 37.0. The van der Waals surface area contributed by atoms with Crippen LogP contribution in [0.2, 0.25) is 0 Å². The molecule has 10 heteroatoms. The van der Waals surface area contributed by atoms with Crippen molar-refractivity contribution in [2.75, 3.05) is 19.5 Å². The number of rotatable bonds is 7. The fourth-order valence-electron chi connectivity index (χ4n) is 8.52. The Labute approximate surface area is 267 Å². The van der Waals surface area contributed by atoms with Gasteiger partial charge in [0.05, 0.1) is 24.8 Å². The van der Waals surface area contributed by atoms with Gasteiger partial charge in [0.15, 0.2) is 5.78 Å². The first-order valence-corrected chi connectivity index (χ1v) is 15.6. The molecule has 0 amide bonds. The average molecular weight is 630 g/mol. The van der Waals surface area contributed by atoms with Crippen molar-refractivity contribution in [3.05, 3.63) is 89.5 Å². The number of ether oxygens (including phenoxy) is 6. The van der Waals surface area contributed by atoms with Crippen molar-refractivity contribution in [3.8, 4) is 11.5 Å². The Morgan fingerprint density at radius 3 is 2.63 bits per heavy atom. The summed E-state index contributed by atoms with van der Waals surface area (Å²) >= 11 is 0. The number of carbonyl (C=O) groups excluding carboxylic acids is 2. The summed E-state index contributed by atoms with van der Waals surface area (Å²) in [4.78, 5) is 26.6. The van der Waals surface area contributed by atoms with E-state index in [0.717, 1.165) is 11.1 Å². The Kier molecular flexibility index (Phi) is 7.02. The largest absolute Gasteiger partial charge is 0.514 e. The van der Waals surface area contributed by atoms with E-state index in [0.29, 0.717) is 35.4 Å². The standard InChI is InChI=1S/C36H39NO9/c1-20(2)34-16-22(4)36-26(31(34)44-35(45-34,46-36)18-23-9-7-6-8-10-23)14-24(17-33(40)29(36)13-21(3)30(33)38)19-42-32(39)43-25-11-12-27(37)28(15-25)41-5/h6-15,22,26,29,31,40H,1,16-19,37H2,2-5H3/t22-,26+,29-,31?,33-,34-,35?,36?/m1/s1. The number of ketones is 1. The minimum atomic E-state index is -1.83. The molecule has 0 radical (unpaired) electrons. The molecule has 7 rings (SSSR count). The normalized spacial score (nSPS) is 37.0. The highest BCUT2D eigenvalue weighted by molar-refractivity contribution is 6.04. The van der Waals surface area contributed by atoms with Gasteiger partial charge in [0.2, 0.25) is 0 Å². The van der Waals surface area contributed by atoms with Gasteiger partial charge in [0.25, 0.3) is 5.97 Å². The molecular weight excluding hydrogens is 590 g/mol. The van der Waals surface area contributed by atoms with Crippen LogP contribution >= 0.6 is 0 Å². The lowest BCUT2D eigenvalue weighted by atomic mass is 9.55. The molecule has 3 fully saturated rings. The lowest BCUT2D eigenvalue weighted by molar-refractivity contribution is -0.421. The van der Waals surface area contributed by atoms with Crippen LogP contribution in [0.5, 0.6) is 11.5 Å². The molecule has 1 saturated carbocycles. The quantitative estimate of drug-likeness (QED) is 0.185. The predicted molar refractivity (Wildman–Crippen MR) is 167 cm³/mol. The highest BCUT2D eigenvalue weighted by Crippen LogP contribution is 2.68. The van der Waals surface area contributed by atoms with E-state index in [-0.39, 0.29) is 30.5 Å². The number of hydrogen-bond acceptors (Lipinski definition) is 10.